The molecule has 2 amide bonds. The molecule has 6 nitrogen and oxygen atoms in total. The van der Waals surface area contributed by atoms with Crippen molar-refractivity contribution >= 4 is 21.7 Å². The number of hydrogen-bond donors (Lipinski definition) is 0. The summed E-state index contributed by atoms with van der Waals surface area (Å²) in [6, 6.07) is 7.79. The molecule has 0 N–H and O–H groups in total. The lowest BCUT2D eigenvalue weighted by atomic mass is 9.96. The molecule has 7 heteroatoms. The van der Waals surface area contributed by atoms with E-state index in [1.54, 1.807) is 11.9 Å². The van der Waals surface area contributed by atoms with Crippen LogP contribution in [-0.2, 0) is 32.4 Å². The summed E-state index contributed by atoms with van der Waals surface area (Å²) in [7, 11) is -1.42. The lowest BCUT2D eigenvalue weighted by Crippen LogP contribution is -2.49. The second-order valence-corrected chi connectivity index (χ2v) is 10.0. The predicted molar refractivity (Wildman–Crippen MR) is 97.1 cm³/mol. The smallest absolute Gasteiger partial charge is 0.238 e. The highest BCUT2D eigenvalue weighted by molar-refractivity contribution is 7.91. The number of carbonyl (C=O) groups excluding carboxylic acids is 2. The molecule has 1 atom stereocenters. The zero-order chi connectivity index (χ0) is 18.5. The largest absolute Gasteiger partial charge is 0.341 e. The van der Waals surface area contributed by atoms with Gasteiger partial charge in [-0.25, -0.2) is 8.42 Å². The Bertz CT molecular complexity index is 860. The molecule has 140 valence electrons. The van der Waals surface area contributed by atoms with Gasteiger partial charge in [-0.1, -0.05) is 24.3 Å². The van der Waals surface area contributed by atoms with Gasteiger partial charge in [0.2, 0.25) is 11.8 Å². The van der Waals surface area contributed by atoms with Crippen LogP contribution in [0, 0.1) is 5.41 Å². The lowest BCUT2D eigenvalue weighted by Gasteiger charge is -2.34. The molecular formula is C19H24N2O4S. The highest BCUT2D eigenvalue weighted by atomic mass is 32.2. The maximum absolute atomic E-state index is 13.1. The summed E-state index contributed by atoms with van der Waals surface area (Å²) in [5.74, 6) is -0.163. The van der Waals surface area contributed by atoms with Gasteiger partial charge in [0.1, 0.15) is 5.41 Å². The fourth-order valence-corrected chi connectivity index (χ4v) is 5.97. The van der Waals surface area contributed by atoms with Crippen LogP contribution in [0.1, 0.15) is 30.4 Å². The van der Waals surface area contributed by atoms with E-state index in [-0.39, 0.29) is 29.4 Å². The van der Waals surface area contributed by atoms with Crippen LogP contribution >= 0.6 is 0 Å². The van der Waals surface area contributed by atoms with E-state index < -0.39 is 15.3 Å². The van der Waals surface area contributed by atoms with Crippen LogP contribution in [-0.4, -0.2) is 61.2 Å². The third-order valence-electron chi connectivity index (χ3n) is 6.06. The van der Waals surface area contributed by atoms with Gasteiger partial charge in [-0.05, 0) is 36.8 Å². The summed E-state index contributed by atoms with van der Waals surface area (Å²) in [5, 5.41) is 0. The fraction of sp³-hybridized carbons (Fsp3) is 0.579. The topological polar surface area (TPSA) is 74.8 Å². The van der Waals surface area contributed by atoms with E-state index in [9.17, 15) is 18.0 Å². The molecule has 3 aliphatic rings. The van der Waals surface area contributed by atoms with Crippen molar-refractivity contribution in [2.24, 2.45) is 5.41 Å². The van der Waals surface area contributed by atoms with Crippen LogP contribution in [0.15, 0.2) is 24.3 Å². The molecule has 1 aliphatic carbocycles. The Morgan fingerprint density at radius 2 is 1.88 bits per heavy atom. The fourth-order valence-electron chi connectivity index (χ4n) is 4.20. The second-order valence-electron chi connectivity index (χ2n) is 7.80. The molecule has 2 fully saturated rings. The molecule has 1 aromatic carbocycles. The molecule has 2 aliphatic heterocycles. The molecule has 0 spiro atoms. The van der Waals surface area contributed by atoms with Crippen LogP contribution in [0.25, 0.3) is 0 Å². The van der Waals surface area contributed by atoms with E-state index in [2.05, 4.69) is 6.07 Å². The average Bonchev–Trinajstić information content (AvgIpc) is 3.37. The Morgan fingerprint density at radius 3 is 2.50 bits per heavy atom. The van der Waals surface area contributed by atoms with Gasteiger partial charge in [-0.3, -0.25) is 9.59 Å². The number of fused-ring (bicyclic) bond motifs is 1. The SMILES string of the molecule is CN(C(=O)C1(C(=O)N2CCc3ccccc3C2)CC1)C1CCS(=O)(=O)C1. The first-order valence-corrected chi connectivity index (χ1v) is 11.0. The number of rotatable bonds is 3. The van der Waals surface area contributed by atoms with Gasteiger partial charge in [0, 0.05) is 26.2 Å². The Morgan fingerprint density at radius 1 is 1.19 bits per heavy atom. The summed E-state index contributed by atoms with van der Waals surface area (Å²) in [4.78, 5) is 29.5. The Balaban J connectivity index is 1.48. The van der Waals surface area contributed by atoms with Crippen molar-refractivity contribution in [3.63, 3.8) is 0 Å². The Kier molecular flexibility index (Phi) is 4.10. The maximum atomic E-state index is 13.1. The maximum Gasteiger partial charge on any atom is 0.238 e. The molecule has 1 aromatic rings. The highest BCUT2D eigenvalue weighted by Crippen LogP contribution is 2.49. The molecule has 0 aromatic heterocycles. The third kappa shape index (κ3) is 2.92. The third-order valence-corrected chi connectivity index (χ3v) is 7.81. The van der Waals surface area contributed by atoms with Crippen molar-refractivity contribution in [1.29, 1.82) is 0 Å². The van der Waals surface area contributed by atoms with Crippen LogP contribution in [0.4, 0.5) is 0 Å². The van der Waals surface area contributed by atoms with Crippen LogP contribution < -0.4 is 0 Å². The molecule has 1 unspecified atom stereocenters. The van der Waals surface area contributed by atoms with Crippen molar-refractivity contribution in [1.82, 2.24) is 9.80 Å². The first-order chi connectivity index (χ1) is 12.3. The summed E-state index contributed by atoms with van der Waals surface area (Å²) >= 11 is 0. The lowest BCUT2D eigenvalue weighted by molar-refractivity contribution is -0.150. The normalized spacial score (nSPS) is 25.4. The quantitative estimate of drug-likeness (QED) is 0.738. The van der Waals surface area contributed by atoms with Crippen molar-refractivity contribution < 1.29 is 18.0 Å². The molecule has 1 saturated heterocycles. The summed E-state index contributed by atoms with van der Waals surface area (Å²) < 4.78 is 23.4. The minimum absolute atomic E-state index is 0.0105. The highest BCUT2D eigenvalue weighted by Gasteiger charge is 2.60. The van der Waals surface area contributed by atoms with Crippen molar-refractivity contribution in [3.8, 4) is 0 Å². The number of carbonyl (C=O) groups is 2. The van der Waals surface area contributed by atoms with Gasteiger partial charge in [0.05, 0.1) is 11.5 Å². The molecule has 0 bridgehead atoms. The van der Waals surface area contributed by atoms with Gasteiger partial charge < -0.3 is 9.80 Å². The first kappa shape index (κ1) is 17.5. The minimum atomic E-state index is -3.06. The minimum Gasteiger partial charge on any atom is -0.341 e. The van der Waals surface area contributed by atoms with E-state index in [1.165, 1.54) is 10.5 Å². The molecule has 4 rings (SSSR count). The zero-order valence-electron chi connectivity index (χ0n) is 15.0. The van der Waals surface area contributed by atoms with Gasteiger partial charge in [-0.2, -0.15) is 0 Å². The van der Waals surface area contributed by atoms with E-state index >= 15 is 0 Å². The molecule has 1 saturated carbocycles. The predicted octanol–water partition coefficient (Wildman–Crippen LogP) is 0.997. The molecule has 2 heterocycles. The van der Waals surface area contributed by atoms with E-state index in [0.29, 0.717) is 32.4 Å². The molecular weight excluding hydrogens is 352 g/mol. The summed E-state index contributed by atoms with van der Waals surface area (Å²) in [5.41, 5.74) is 1.44. The number of amides is 2. The van der Waals surface area contributed by atoms with Crippen LogP contribution in [0.3, 0.4) is 0 Å². The first-order valence-electron chi connectivity index (χ1n) is 9.16. The van der Waals surface area contributed by atoms with Crippen LogP contribution in [0.5, 0.6) is 0 Å². The monoisotopic (exact) mass is 376 g/mol. The van der Waals surface area contributed by atoms with E-state index in [4.69, 9.17) is 0 Å². The van der Waals surface area contributed by atoms with Gasteiger partial charge in [0.15, 0.2) is 9.84 Å². The van der Waals surface area contributed by atoms with Crippen LogP contribution in [0.2, 0.25) is 0 Å². The molecule has 26 heavy (non-hydrogen) atoms. The zero-order valence-corrected chi connectivity index (χ0v) is 15.8. The summed E-state index contributed by atoms with van der Waals surface area (Å²) in [6.45, 7) is 1.18. The number of hydrogen-bond acceptors (Lipinski definition) is 4. The second kappa shape index (κ2) is 6.08. The van der Waals surface area contributed by atoms with Crippen molar-refractivity contribution in [2.45, 2.75) is 38.3 Å². The van der Waals surface area contributed by atoms with Gasteiger partial charge in [0.25, 0.3) is 0 Å². The number of sulfone groups is 1. The summed E-state index contributed by atoms with van der Waals surface area (Å²) in [6.07, 6.45) is 2.40. The number of nitrogens with zero attached hydrogens (tertiary/aromatic N) is 2. The van der Waals surface area contributed by atoms with Gasteiger partial charge in [-0.15, -0.1) is 0 Å². The number of benzene rings is 1. The van der Waals surface area contributed by atoms with Crippen molar-refractivity contribution in [2.75, 3.05) is 25.1 Å². The Hall–Kier alpha value is -1.89. The van der Waals surface area contributed by atoms with Crippen molar-refractivity contribution in [3.05, 3.63) is 35.4 Å². The van der Waals surface area contributed by atoms with E-state index in [1.807, 2.05) is 18.2 Å². The Labute approximate surface area is 154 Å². The van der Waals surface area contributed by atoms with E-state index in [0.717, 1.165) is 12.0 Å². The standard InChI is InChI=1S/C19H24N2O4S/c1-20(16-7-11-26(24,25)13-16)17(22)19(8-9-19)18(23)21-10-6-14-4-2-3-5-15(14)12-21/h2-5,16H,6-13H2,1H3. The average molecular weight is 376 g/mol. The molecule has 0 radical (unpaired) electrons. The van der Waals surface area contributed by atoms with Gasteiger partial charge >= 0.3 is 0 Å².